The molecule has 0 saturated carbocycles. The lowest BCUT2D eigenvalue weighted by atomic mass is 10.2. The van der Waals surface area contributed by atoms with Gasteiger partial charge in [-0.05, 0) is 52.5 Å². The zero-order chi connectivity index (χ0) is 13.8. The van der Waals surface area contributed by atoms with Crippen LogP contribution in [0.5, 0.6) is 5.75 Å². The molecule has 3 nitrogen and oxygen atoms in total. The zero-order valence-corrected chi connectivity index (χ0v) is 13.0. The monoisotopic (exact) mass is 339 g/mol. The first-order valence-corrected chi connectivity index (χ1v) is 7.47. The van der Waals surface area contributed by atoms with Gasteiger partial charge < -0.3 is 10.1 Å². The molecule has 0 radical (unpaired) electrons. The van der Waals surface area contributed by atoms with Crippen molar-refractivity contribution in [1.82, 2.24) is 5.32 Å². The van der Waals surface area contributed by atoms with E-state index in [-0.39, 0.29) is 11.9 Å². The van der Waals surface area contributed by atoms with Crippen LogP contribution in [0.4, 0.5) is 0 Å². The van der Waals surface area contributed by atoms with E-state index < -0.39 is 0 Å². The highest BCUT2D eigenvalue weighted by atomic mass is 79.9. The number of hydrogen-bond acceptors (Lipinski definition) is 3. The molecular weight excluding hydrogens is 326 g/mol. The highest BCUT2D eigenvalue weighted by molar-refractivity contribution is 9.10. The fraction of sp³-hybridized carbons (Fsp3) is 0.214. The number of amides is 1. The second-order valence-electron chi connectivity index (χ2n) is 4.06. The molecule has 1 aromatic heterocycles. The molecule has 2 rings (SSSR count). The molecule has 1 aromatic carbocycles. The first-order valence-electron chi connectivity index (χ1n) is 5.79. The summed E-state index contributed by atoms with van der Waals surface area (Å²) in [4.78, 5) is 13.4. The van der Waals surface area contributed by atoms with Gasteiger partial charge in [0.25, 0.3) is 5.91 Å². The number of hydrogen-bond donors (Lipinski definition) is 1. The summed E-state index contributed by atoms with van der Waals surface area (Å²) in [5.74, 6) is 0.545. The van der Waals surface area contributed by atoms with Crippen LogP contribution in [0, 0.1) is 0 Å². The molecule has 1 atom stereocenters. The van der Waals surface area contributed by atoms with Crippen LogP contribution in [0.2, 0.25) is 0 Å². The quantitative estimate of drug-likeness (QED) is 0.913. The van der Waals surface area contributed by atoms with Gasteiger partial charge in [-0.25, -0.2) is 0 Å². The van der Waals surface area contributed by atoms with Gasteiger partial charge in [-0.15, -0.1) is 11.3 Å². The summed E-state index contributed by atoms with van der Waals surface area (Å²) in [6, 6.07) is 9.32. The van der Waals surface area contributed by atoms with E-state index in [0.717, 1.165) is 9.35 Å². The van der Waals surface area contributed by atoms with Gasteiger partial charge in [0.1, 0.15) is 5.75 Å². The van der Waals surface area contributed by atoms with Gasteiger partial charge in [0, 0.05) is 9.35 Å². The largest absolute Gasteiger partial charge is 0.497 e. The average Bonchev–Trinajstić information content (AvgIpc) is 2.93. The molecule has 0 aliphatic carbocycles. The smallest absolute Gasteiger partial charge is 0.253 e. The molecule has 1 heterocycles. The molecule has 5 heteroatoms. The Kier molecular flexibility index (Phi) is 4.61. The van der Waals surface area contributed by atoms with E-state index in [1.807, 2.05) is 36.6 Å². The molecule has 0 fully saturated rings. The fourth-order valence-electron chi connectivity index (χ4n) is 1.69. The number of methoxy groups -OCH3 is 1. The summed E-state index contributed by atoms with van der Waals surface area (Å²) in [7, 11) is 1.58. The lowest BCUT2D eigenvalue weighted by Gasteiger charge is -2.13. The molecule has 0 aliphatic rings. The van der Waals surface area contributed by atoms with Crippen molar-refractivity contribution in [2.75, 3.05) is 7.11 Å². The van der Waals surface area contributed by atoms with E-state index in [9.17, 15) is 4.79 Å². The van der Waals surface area contributed by atoms with Gasteiger partial charge in [-0.3, -0.25) is 4.79 Å². The SMILES string of the molecule is COc1ccc(Br)c(C(=O)N[C@H](C)c2cccs2)c1. The lowest BCUT2D eigenvalue weighted by Crippen LogP contribution is -2.26. The third-order valence-electron chi connectivity index (χ3n) is 2.74. The number of rotatable bonds is 4. The van der Waals surface area contributed by atoms with Crippen molar-refractivity contribution in [3.05, 3.63) is 50.6 Å². The third-order valence-corrected chi connectivity index (χ3v) is 4.48. The second kappa shape index (κ2) is 6.21. The van der Waals surface area contributed by atoms with Crippen molar-refractivity contribution in [3.63, 3.8) is 0 Å². The Morgan fingerprint density at radius 2 is 2.21 bits per heavy atom. The number of carbonyl (C=O) groups is 1. The van der Waals surface area contributed by atoms with Crippen LogP contribution in [0.15, 0.2) is 40.2 Å². The van der Waals surface area contributed by atoms with Crippen molar-refractivity contribution >= 4 is 33.2 Å². The van der Waals surface area contributed by atoms with E-state index in [1.54, 1.807) is 24.5 Å². The Morgan fingerprint density at radius 1 is 1.42 bits per heavy atom. The molecule has 0 spiro atoms. The summed E-state index contributed by atoms with van der Waals surface area (Å²) in [6.07, 6.45) is 0. The predicted molar refractivity (Wildman–Crippen MR) is 80.9 cm³/mol. The van der Waals surface area contributed by atoms with Crippen LogP contribution in [-0.4, -0.2) is 13.0 Å². The second-order valence-corrected chi connectivity index (χ2v) is 5.89. The first-order chi connectivity index (χ1) is 9.11. The molecule has 0 saturated heterocycles. The number of thiophene rings is 1. The summed E-state index contributed by atoms with van der Waals surface area (Å²) in [6.45, 7) is 1.97. The standard InChI is InChI=1S/C14H14BrNO2S/c1-9(13-4-3-7-19-13)16-14(17)11-8-10(18-2)5-6-12(11)15/h3-9H,1-2H3,(H,16,17)/t9-/m1/s1. The van der Waals surface area contributed by atoms with Gasteiger partial charge in [0.05, 0.1) is 18.7 Å². The summed E-state index contributed by atoms with van der Waals surface area (Å²) < 4.78 is 5.89. The van der Waals surface area contributed by atoms with Crippen molar-refractivity contribution in [3.8, 4) is 5.75 Å². The van der Waals surface area contributed by atoms with Crippen molar-refractivity contribution in [2.45, 2.75) is 13.0 Å². The van der Waals surface area contributed by atoms with Gasteiger partial charge >= 0.3 is 0 Å². The maximum Gasteiger partial charge on any atom is 0.253 e. The van der Waals surface area contributed by atoms with E-state index >= 15 is 0 Å². The zero-order valence-electron chi connectivity index (χ0n) is 10.6. The van der Waals surface area contributed by atoms with E-state index in [2.05, 4.69) is 21.2 Å². The van der Waals surface area contributed by atoms with Gasteiger partial charge in [0.2, 0.25) is 0 Å². The molecule has 1 amide bonds. The Hall–Kier alpha value is -1.33. The van der Waals surface area contributed by atoms with Crippen molar-refractivity contribution < 1.29 is 9.53 Å². The molecule has 0 unspecified atom stereocenters. The molecule has 0 bridgehead atoms. The minimum atomic E-state index is -0.119. The summed E-state index contributed by atoms with van der Waals surface area (Å²) in [5, 5.41) is 4.98. The fourth-order valence-corrected chi connectivity index (χ4v) is 2.85. The molecule has 1 N–H and O–H groups in total. The van der Waals surface area contributed by atoms with E-state index in [1.165, 1.54) is 0 Å². The van der Waals surface area contributed by atoms with Crippen molar-refractivity contribution in [2.24, 2.45) is 0 Å². The summed E-state index contributed by atoms with van der Waals surface area (Å²) >= 11 is 5.01. The molecule has 19 heavy (non-hydrogen) atoms. The highest BCUT2D eigenvalue weighted by Crippen LogP contribution is 2.24. The Morgan fingerprint density at radius 3 is 2.84 bits per heavy atom. The maximum atomic E-state index is 12.2. The van der Waals surface area contributed by atoms with Gasteiger partial charge in [-0.1, -0.05) is 6.07 Å². The number of ether oxygens (including phenoxy) is 1. The maximum absolute atomic E-state index is 12.2. The Labute approximate surface area is 124 Å². The molecule has 0 aliphatic heterocycles. The number of carbonyl (C=O) groups excluding carboxylic acids is 1. The van der Waals surface area contributed by atoms with E-state index in [4.69, 9.17) is 4.74 Å². The van der Waals surface area contributed by atoms with Crippen LogP contribution in [0.1, 0.15) is 28.2 Å². The van der Waals surface area contributed by atoms with Crippen LogP contribution in [0.25, 0.3) is 0 Å². The third kappa shape index (κ3) is 3.36. The molecule has 100 valence electrons. The van der Waals surface area contributed by atoms with Crippen LogP contribution < -0.4 is 10.1 Å². The average molecular weight is 340 g/mol. The number of halogens is 1. The number of benzene rings is 1. The molecular formula is C14H14BrNO2S. The Bertz CT molecular complexity index is 569. The lowest BCUT2D eigenvalue weighted by molar-refractivity contribution is 0.0939. The topological polar surface area (TPSA) is 38.3 Å². The normalized spacial score (nSPS) is 11.9. The minimum Gasteiger partial charge on any atom is -0.497 e. The van der Waals surface area contributed by atoms with Gasteiger partial charge in [0.15, 0.2) is 0 Å². The van der Waals surface area contributed by atoms with Crippen molar-refractivity contribution in [1.29, 1.82) is 0 Å². The number of nitrogens with one attached hydrogen (secondary N) is 1. The van der Waals surface area contributed by atoms with Crippen LogP contribution >= 0.6 is 27.3 Å². The predicted octanol–water partition coefficient (Wildman–Crippen LogP) is 4.01. The van der Waals surface area contributed by atoms with Crippen LogP contribution in [0.3, 0.4) is 0 Å². The minimum absolute atomic E-state index is 0.00870. The van der Waals surface area contributed by atoms with Crippen LogP contribution in [-0.2, 0) is 0 Å². The molecule has 2 aromatic rings. The van der Waals surface area contributed by atoms with E-state index in [0.29, 0.717) is 11.3 Å². The van der Waals surface area contributed by atoms with Gasteiger partial charge in [-0.2, -0.15) is 0 Å². The first kappa shape index (κ1) is 14.1. The summed E-state index contributed by atoms with van der Waals surface area (Å²) in [5.41, 5.74) is 0.572. The highest BCUT2D eigenvalue weighted by Gasteiger charge is 2.15. The Balaban J connectivity index is 2.16.